The maximum atomic E-state index is 9.84. The Morgan fingerprint density at radius 3 is 1.79 bits per heavy atom. The fourth-order valence-electron chi connectivity index (χ4n) is 0.672. The maximum absolute atomic E-state index is 9.84. The number of benzene rings is 1. The molecule has 0 aromatic heterocycles. The molecular weight excluding hydrogens is 176 g/mol. The summed E-state index contributed by atoms with van der Waals surface area (Å²) < 4.78 is 4.58. The summed E-state index contributed by atoms with van der Waals surface area (Å²) in [4.78, 5) is 9.84. The van der Waals surface area contributed by atoms with Crippen LogP contribution in [0.2, 0.25) is 0 Å². The Labute approximate surface area is 86.9 Å². The smallest absolute Gasteiger partial charge is 0.298 e. The van der Waals surface area contributed by atoms with E-state index in [0.717, 1.165) is 5.56 Å². The van der Waals surface area contributed by atoms with Gasteiger partial charge in [0.1, 0.15) is 5.75 Å². The van der Waals surface area contributed by atoms with E-state index in [-0.39, 0.29) is 0 Å². The maximum Gasteiger partial charge on any atom is 0.298 e. The van der Waals surface area contributed by atoms with Gasteiger partial charge in [-0.05, 0) is 19.1 Å². The number of carbonyl (C=O) groups excluding carboxylic acids is 1. The lowest BCUT2D eigenvalue weighted by Crippen LogP contribution is -1.87. The van der Waals surface area contributed by atoms with E-state index in [9.17, 15) is 4.79 Å². The Morgan fingerprint density at radius 1 is 1.00 bits per heavy atom. The normalized spacial score (nSPS) is 7.21. The molecule has 0 saturated heterocycles. The van der Waals surface area contributed by atoms with Gasteiger partial charge in [-0.25, -0.2) is 0 Å². The Kier molecular flexibility index (Phi) is 12.7. The second-order valence-corrected chi connectivity index (χ2v) is 2.03. The van der Waals surface area contributed by atoms with Crippen LogP contribution in [0.25, 0.3) is 0 Å². The predicted octanol–water partition coefficient (Wildman–Crippen LogP) is 3.58. The summed E-state index contributed by atoms with van der Waals surface area (Å²) in [5, 5.41) is 0. The molecular formula is C12H20O2. The molecule has 1 aromatic carbocycles. The van der Waals surface area contributed by atoms with E-state index in [1.165, 1.54) is 0 Å². The van der Waals surface area contributed by atoms with E-state index in [1.54, 1.807) is 12.1 Å². The molecule has 1 aromatic rings. The first-order valence-corrected chi connectivity index (χ1v) is 5.00. The van der Waals surface area contributed by atoms with Crippen molar-refractivity contribution in [3.05, 3.63) is 29.8 Å². The molecule has 1 rings (SSSR count). The highest BCUT2D eigenvalue weighted by molar-refractivity contribution is 5.45. The molecule has 2 nitrogen and oxygen atoms in total. The lowest BCUT2D eigenvalue weighted by molar-refractivity contribution is -0.120. The molecule has 14 heavy (non-hydrogen) atoms. The summed E-state index contributed by atoms with van der Waals surface area (Å²) in [5.41, 5.74) is 1.15. The summed E-state index contributed by atoms with van der Waals surface area (Å²) in [6.07, 6.45) is 0. The molecule has 0 N–H and O–H groups in total. The molecule has 0 atom stereocenters. The van der Waals surface area contributed by atoms with E-state index in [1.807, 2.05) is 46.8 Å². The number of aryl methyl sites for hydroxylation is 1. The lowest BCUT2D eigenvalue weighted by Gasteiger charge is -1.95. The highest BCUT2D eigenvalue weighted by Crippen LogP contribution is 2.09. The van der Waals surface area contributed by atoms with Gasteiger partial charge >= 0.3 is 0 Å². The van der Waals surface area contributed by atoms with Gasteiger partial charge < -0.3 is 4.74 Å². The second-order valence-electron chi connectivity index (χ2n) is 2.03. The first-order valence-electron chi connectivity index (χ1n) is 5.00. The average molecular weight is 196 g/mol. The second kappa shape index (κ2) is 11.7. The van der Waals surface area contributed by atoms with Crippen LogP contribution in [-0.4, -0.2) is 6.47 Å². The molecule has 0 aliphatic heterocycles. The molecule has 0 spiro atoms. The fourth-order valence-corrected chi connectivity index (χ4v) is 0.672. The summed E-state index contributed by atoms with van der Waals surface area (Å²) in [7, 11) is 0. The van der Waals surface area contributed by atoms with E-state index in [0.29, 0.717) is 12.2 Å². The standard InChI is InChI=1S/C8H8O2.2C2H6/c1-7-2-4-8(5-3-7)10-6-9;2*1-2/h2-6H,1H3;2*1-2H3. The predicted molar refractivity (Wildman–Crippen MR) is 60.6 cm³/mol. The highest BCUT2D eigenvalue weighted by atomic mass is 16.5. The van der Waals surface area contributed by atoms with Crippen LogP contribution in [0.4, 0.5) is 0 Å². The molecule has 0 saturated carbocycles. The van der Waals surface area contributed by atoms with Crippen LogP contribution >= 0.6 is 0 Å². The molecule has 0 aliphatic carbocycles. The number of carbonyl (C=O) groups is 1. The Hall–Kier alpha value is -1.31. The third kappa shape index (κ3) is 7.35. The molecule has 0 radical (unpaired) electrons. The van der Waals surface area contributed by atoms with Crippen molar-refractivity contribution in [2.75, 3.05) is 0 Å². The molecule has 0 aliphatic rings. The monoisotopic (exact) mass is 196 g/mol. The van der Waals surface area contributed by atoms with E-state index >= 15 is 0 Å². The minimum Gasteiger partial charge on any atom is -0.429 e. The first-order chi connectivity index (χ1) is 6.83. The van der Waals surface area contributed by atoms with Crippen LogP contribution in [0.15, 0.2) is 24.3 Å². The van der Waals surface area contributed by atoms with Crippen molar-refractivity contribution < 1.29 is 9.53 Å². The molecule has 0 fully saturated rings. The Bertz CT molecular complexity index is 214. The largest absolute Gasteiger partial charge is 0.429 e. The molecule has 0 unspecified atom stereocenters. The van der Waals surface area contributed by atoms with Crippen molar-refractivity contribution in [2.24, 2.45) is 0 Å². The van der Waals surface area contributed by atoms with Crippen molar-refractivity contribution in [3.63, 3.8) is 0 Å². The third-order valence-electron chi connectivity index (χ3n) is 1.21. The van der Waals surface area contributed by atoms with Gasteiger partial charge in [0.05, 0.1) is 0 Å². The summed E-state index contributed by atoms with van der Waals surface area (Å²) >= 11 is 0. The van der Waals surface area contributed by atoms with Crippen LogP contribution in [0.3, 0.4) is 0 Å². The summed E-state index contributed by atoms with van der Waals surface area (Å²) in [6, 6.07) is 7.28. The van der Waals surface area contributed by atoms with Crippen molar-refractivity contribution in [1.29, 1.82) is 0 Å². The van der Waals surface area contributed by atoms with Gasteiger partial charge in [0, 0.05) is 0 Å². The van der Waals surface area contributed by atoms with Crippen LogP contribution in [0, 0.1) is 6.92 Å². The lowest BCUT2D eigenvalue weighted by atomic mass is 10.2. The minimum atomic E-state index is 0.421. The van der Waals surface area contributed by atoms with Gasteiger partial charge in [-0.1, -0.05) is 45.4 Å². The zero-order valence-electron chi connectivity index (χ0n) is 9.70. The van der Waals surface area contributed by atoms with Gasteiger partial charge in [0.25, 0.3) is 6.47 Å². The van der Waals surface area contributed by atoms with Crippen LogP contribution in [0.5, 0.6) is 5.75 Å². The van der Waals surface area contributed by atoms with Gasteiger partial charge in [-0.3, -0.25) is 4.79 Å². The molecule has 0 bridgehead atoms. The fraction of sp³-hybridized carbons (Fsp3) is 0.417. The number of hydrogen-bond acceptors (Lipinski definition) is 2. The minimum absolute atomic E-state index is 0.421. The average Bonchev–Trinajstić information content (AvgIpc) is 2.28. The summed E-state index contributed by atoms with van der Waals surface area (Å²) in [6.45, 7) is 10.4. The van der Waals surface area contributed by atoms with E-state index in [2.05, 4.69) is 4.74 Å². The van der Waals surface area contributed by atoms with Crippen molar-refractivity contribution in [2.45, 2.75) is 34.6 Å². The number of ether oxygens (including phenoxy) is 1. The SMILES string of the molecule is CC.CC.Cc1ccc(OC=O)cc1. The molecule has 80 valence electrons. The van der Waals surface area contributed by atoms with Crippen LogP contribution in [-0.2, 0) is 4.79 Å². The Morgan fingerprint density at radius 2 is 1.43 bits per heavy atom. The molecule has 0 heterocycles. The van der Waals surface area contributed by atoms with Crippen molar-refractivity contribution in [1.82, 2.24) is 0 Å². The van der Waals surface area contributed by atoms with Gasteiger partial charge in [0.2, 0.25) is 0 Å². The van der Waals surface area contributed by atoms with Gasteiger partial charge in [0.15, 0.2) is 0 Å². The molecule has 2 heteroatoms. The first kappa shape index (κ1) is 15.2. The number of rotatable bonds is 2. The van der Waals surface area contributed by atoms with Gasteiger partial charge in [-0.2, -0.15) is 0 Å². The van der Waals surface area contributed by atoms with E-state index < -0.39 is 0 Å². The quantitative estimate of drug-likeness (QED) is 0.676. The number of hydrogen-bond donors (Lipinski definition) is 0. The zero-order valence-corrected chi connectivity index (χ0v) is 9.70. The third-order valence-corrected chi connectivity index (χ3v) is 1.21. The highest BCUT2D eigenvalue weighted by Gasteiger charge is 1.88. The van der Waals surface area contributed by atoms with E-state index in [4.69, 9.17) is 0 Å². The van der Waals surface area contributed by atoms with Gasteiger partial charge in [-0.15, -0.1) is 0 Å². The molecule has 0 amide bonds. The van der Waals surface area contributed by atoms with Crippen molar-refractivity contribution >= 4 is 6.47 Å². The summed E-state index contributed by atoms with van der Waals surface area (Å²) in [5.74, 6) is 0.584. The van der Waals surface area contributed by atoms with Crippen molar-refractivity contribution in [3.8, 4) is 5.75 Å². The topological polar surface area (TPSA) is 26.3 Å². The zero-order chi connectivity index (χ0) is 11.4. The van der Waals surface area contributed by atoms with Crippen LogP contribution in [0.1, 0.15) is 33.3 Å². The van der Waals surface area contributed by atoms with Crippen LogP contribution < -0.4 is 4.74 Å². The Balaban J connectivity index is 0.